The van der Waals surface area contributed by atoms with E-state index in [9.17, 15) is 0 Å². The highest BCUT2D eigenvalue weighted by atomic mass is 15.2. The Kier molecular flexibility index (Phi) is 2.35. The summed E-state index contributed by atoms with van der Waals surface area (Å²) in [6, 6.07) is 7.23. The highest BCUT2D eigenvalue weighted by Crippen LogP contribution is 2.44. The van der Waals surface area contributed by atoms with Crippen LogP contribution in [0.4, 0.5) is 11.4 Å². The number of para-hydroxylation sites is 1. The van der Waals surface area contributed by atoms with Gasteiger partial charge in [0.25, 0.3) is 0 Å². The first-order chi connectivity index (χ1) is 8.09. The Morgan fingerprint density at radius 2 is 2.18 bits per heavy atom. The van der Waals surface area contributed by atoms with Crippen LogP contribution in [0.2, 0.25) is 0 Å². The second-order valence-corrected chi connectivity index (χ2v) is 6.15. The molecule has 0 aliphatic carbocycles. The van der Waals surface area contributed by atoms with Gasteiger partial charge in [0.1, 0.15) is 0 Å². The number of aryl methyl sites for hydroxylation is 1. The summed E-state index contributed by atoms with van der Waals surface area (Å²) in [7, 11) is 0. The minimum atomic E-state index is 0.422. The molecule has 0 amide bonds. The first-order valence-electron chi connectivity index (χ1n) is 6.70. The van der Waals surface area contributed by atoms with Gasteiger partial charge in [-0.15, -0.1) is 0 Å². The van der Waals surface area contributed by atoms with Crippen LogP contribution >= 0.6 is 0 Å². The third-order valence-electron chi connectivity index (χ3n) is 4.51. The third kappa shape index (κ3) is 1.62. The number of anilines is 2. The molecule has 1 aromatic rings. The van der Waals surface area contributed by atoms with Crippen molar-refractivity contribution in [2.45, 2.75) is 39.7 Å². The molecule has 2 heterocycles. The maximum Gasteiger partial charge on any atom is 0.0635 e. The lowest BCUT2D eigenvalue weighted by Gasteiger charge is -2.51. The van der Waals surface area contributed by atoms with Gasteiger partial charge in [0, 0.05) is 13.1 Å². The van der Waals surface area contributed by atoms with Crippen LogP contribution in [0.3, 0.4) is 0 Å². The molecular weight excluding hydrogens is 208 g/mol. The number of rotatable bonds is 0. The Morgan fingerprint density at radius 1 is 1.35 bits per heavy atom. The van der Waals surface area contributed by atoms with Gasteiger partial charge in [-0.05, 0) is 36.8 Å². The van der Waals surface area contributed by atoms with Gasteiger partial charge in [-0.3, -0.25) is 0 Å². The fourth-order valence-corrected chi connectivity index (χ4v) is 3.49. The van der Waals surface area contributed by atoms with Crippen molar-refractivity contribution in [2.24, 2.45) is 5.41 Å². The summed E-state index contributed by atoms with van der Waals surface area (Å²) in [5, 5.41) is 3.62. The summed E-state index contributed by atoms with van der Waals surface area (Å²) >= 11 is 0. The van der Waals surface area contributed by atoms with E-state index < -0.39 is 0 Å². The van der Waals surface area contributed by atoms with Crippen molar-refractivity contribution < 1.29 is 0 Å². The summed E-state index contributed by atoms with van der Waals surface area (Å²) in [6.45, 7) is 9.35. The van der Waals surface area contributed by atoms with E-state index >= 15 is 0 Å². The number of nitrogens with one attached hydrogen (secondary N) is 1. The van der Waals surface area contributed by atoms with Crippen molar-refractivity contribution >= 4 is 11.4 Å². The van der Waals surface area contributed by atoms with Gasteiger partial charge in [-0.1, -0.05) is 26.0 Å². The molecule has 17 heavy (non-hydrogen) atoms. The number of nitrogens with zero attached hydrogens (tertiary/aromatic N) is 1. The molecule has 0 spiro atoms. The van der Waals surface area contributed by atoms with E-state index in [1.807, 2.05) is 0 Å². The normalized spacial score (nSPS) is 25.8. The lowest BCUT2D eigenvalue weighted by atomic mass is 9.75. The van der Waals surface area contributed by atoms with Crippen molar-refractivity contribution in [3.8, 4) is 0 Å². The molecular formula is C15H22N2. The molecule has 2 aliphatic heterocycles. The lowest BCUT2D eigenvalue weighted by Crippen LogP contribution is -2.55. The average Bonchev–Trinajstić information content (AvgIpc) is 2.28. The summed E-state index contributed by atoms with van der Waals surface area (Å²) in [6.07, 6.45) is 2.66. The Balaban J connectivity index is 2.06. The van der Waals surface area contributed by atoms with Crippen LogP contribution in [0, 0.1) is 12.3 Å². The van der Waals surface area contributed by atoms with Crippen LogP contribution in [-0.2, 0) is 0 Å². The molecule has 2 nitrogen and oxygen atoms in total. The van der Waals surface area contributed by atoms with Crippen LogP contribution in [0.25, 0.3) is 0 Å². The van der Waals surface area contributed by atoms with E-state index in [1.165, 1.54) is 36.3 Å². The van der Waals surface area contributed by atoms with Gasteiger partial charge in [0.15, 0.2) is 0 Å². The zero-order chi connectivity index (χ0) is 12.0. The smallest absolute Gasteiger partial charge is 0.0635 e. The number of hydrogen-bond donors (Lipinski definition) is 1. The molecule has 92 valence electrons. The van der Waals surface area contributed by atoms with Crippen LogP contribution in [0.15, 0.2) is 18.2 Å². The Bertz CT molecular complexity index is 437. The monoisotopic (exact) mass is 230 g/mol. The van der Waals surface area contributed by atoms with Crippen molar-refractivity contribution in [3.05, 3.63) is 23.8 Å². The molecule has 1 atom stereocenters. The van der Waals surface area contributed by atoms with Gasteiger partial charge in [-0.25, -0.2) is 0 Å². The number of piperidine rings is 1. The molecule has 1 N–H and O–H groups in total. The van der Waals surface area contributed by atoms with Crippen molar-refractivity contribution in [1.29, 1.82) is 0 Å². The zero-order valence-corrected chi connectivity index (χ0v) is 11.1. The molecule has 1 saturated heterocycles. The fraction of sp³-hybridized carbons (Fsp3) is 0.600. The van der Waals surface area contributed by atoms with Gasteiger partial charge in [-0.2, -0.15) is 0 Å². The second kappa shape index (κ2) is 3.66. The maximum absolute atomic E-state index is 3.62. The quantitative estimate of drug-likeness (QED) is 0.734. The number of benzene rings is 1. The Morgan fingerprint density at radius 3 is 3.00 bits per heavy atom. The van der Waals surface area contributed by atoms with Gasteiger partial charge >= 0.3 is 0 Å². The topological polar surface area (TPSA) is 15.3 Å². The first-order valence-corrected chi connectivity index (χ1v) is 6.70. The standard InChI is InChI=1S/C15H22N2/c1-11-6-4-7-12-14(11)17-9-5-8-15(2,3)13(17)10-16-12/h4,6-7,13,16H,5,8-10H2,1-3H3. The predicted octanol–water partition coefficient (Wildman–Crippen LogP) is 3.42. The molecule has 1 fully saturated rings. The van der Waals surface area contributed by atoms with Crippen LogP contribution < -0.4 is 10.2 Å². The van der Waals surface area contributed by atoms with Crippen LogP contribution in [0.1, 0.15) is 32.3 Å². The molecule has 0 saturated carbocycles. The number of hydrogen-bond acceptors (Lipinski definition) is 2. The zero-order valence-electron chi connectivity index (χ0n) is 11.1. The van der Waals surface area contributed by atoms with Crippen molar-refractivity contribution in [3.63, 3.8) is 0 Å². The van der Waals surface area contributed by atoms with E-state index in [2.05, 4.69) is 49.2 Å². The van der Waals surface area contributed by atoms with E-state index in [1.54, 1.807) is 0 Å². The highest BCUT2D eigenvalue weighted by Gasteiger charge is 2.40. The first kappa shape index (κ1) is 10.9. The molecule has 2 heteroatoms. The minimum absolute atomic E-state index is 0.422. The van der Waals surface area contributed by atoms with Crippen LogP contribution in [-0.4, -0.2) is 19.1 Å². The van der Waals surface area contributed by atoms with E-state index in [0.29, 0.717) is 11.5 Å². The largest absolute Gasteiger partial charge is 0.381 e. The minimum Gasteiger partial charge on any atom is -0.381 e. The van der Waals surface area contributed by atoms with Crippen molar-refractivity contribution in [1.82, 2.24) is 0 Å². The van der Waals surface area contributed by atoms with Gasteiger partial charge < -0.3 is 10.2 Å². The molecule has 0 bridgehead atoms. The third-order valence-corrected chi connectivity index (χ3v) is 4.51. The van der Waals surface area contributed by atoms with Gasteiger partial charge in [0.05, 0.1) is 17.4 Å². The fourth-order valence-electron chi connectivity index (χ4n) is 3.49. The molecule has 1 unspecified atom stereocenters. The average molecular weight is 230 g/mol. The van der Waals surface area contributed by atoms with E-state index in [-0.39, 0.29) is 0 Å². The SMILES string of the molecule is Cc1cccc2c1N1CCCC(C)(C)C1CN2. The maximum atomic E-state index is 3.62. The summed E-state index contributed by atoms with van der Waals surface area (Å²) in [4.78, 5) is 2.64. The van der Waals surface area contributed by atoms with Gasteiger partial charge in [0.2, 0.25) is 0 Å². The van der Waals surface area contributed by atoms with Crippen molar-refractivity contribution in [2.75, 3.05) is 23.3 Å². The Hall–Kier alpha value is -1.18. The summed E-state index contributed by atoms with van der Waals surface area (Å²) in [5.41, 5.74) is 4.58. The lowest BCUT2D eigenvalue weighted by molar-refractivity contribution is 0.217. The van der Waals surface area contributed by atoms with E-state index in [0.717, 1.165) is 6.54 Å². The van der Waals surface area contributed by atoms with E-state index in [4.69, 9.17) is 0 Å². The predicted molar refractivity (Wildman–Crippen MR) is 73.8 cm³/mol. The second-order valence-electron chi connectivity index (χ2n) is 6.15. The molecule has 2 aliphatic rings. The summed E-state index contributed by atoms with van der Waals surface area (Å²) < 4.78 is 0. The summed E-state index contributed by atoms with van der Waals surface area (Å²) in [5.74, 6) is 0. The number of fused-ring (bicyclic) bond motifs is 3. The molecule has 0 radical (unpaired) electrons. The Labute approximate surface area is 104 Å². The molecule has 3 rings (SSSR count). The molecule has 1 aromatic carbocycles. The molecule has 0 aromatic heterocycles. The highest BCUT2D eigenvalue weighted by molar-refractivity contribution is 5.76. The van der Waals surface area contributed by atoms with Crippen LogP contribution in [0.5, 0.6) is 0 Å².